The van der Waals surface area contributed by atoms with E-state index in [2.05, 4.69) is 28.5 Å². The largest absolute Gasteiger partial charge is 0.478 e. The zero-order valence-electron chi connectivity index (χ0n) is 11.0. The molecule has 1 heterocycles. The van der Waals surface area contributed by atoms with Crippen LogP contribution in [0, 0.1) is 6.92 Å². The second kappa shape index (κ2) is 7.37. The highest BCUT2D eigenvalue weighted by atomic mass is 32.2. The number of nitrogens with zero attached hydrogens (tertiary/aromatic N) is 2. The van der Waals surface area contributed by atoms with Crippen molar-refractivity contribution in [3.63, 3.8) is 0 Å². The molecule has 0 aliphatic rings. The van der Waals surface area contributed by atoms with Gasteiger partial charge in [0.25, 0.3) is 0 Å². The van der Waals surface area contributed by atoms with Gasteiger partial charge >= 0.3 is 0 Å². The maximum atomic E-state index is 5.38. The van der Waals surface area contributed by atoms with Crippen molar-refractivity contribution in [2.45, 2.75) is 32.4 Å². The first-order chi connectivity index (χ1) is 8.15. The van der Waals surface area contributed by atoms with Gasteiger partial charge in [-0.1, -0.05) is 6.92 Å². The zero-order valence-corrected chi connectivity index (χ0v) is 11.8. The Morgan fingerprint density at radius 2 is 2.24 bits per heavy atom. The molecule has 0 saturated carbocycles. The van der Waals surface area contributed by atoms with Crippen LogP contribution in [0.25, 0.3) is 0 Å². The van der Waals surface area contributed by atoms with E-state index in [0.29, 0.717) is 17.7 Å². The molecule has 0 radical (unpaired) electrons. The van der Waals surface area contributed by atoms with Crippen LogP contribution in [0.15, 0.2) is 6.07 Å². The fraction of sp³-hybridized carbons (Fsp3) is 0.667. The predicted octanol–water partition coefficient (Wildman–Crippen LogP) is 2.74. The zero-order chi connectivity index (χ0) is 12.7. The van der Waals surface area contributed by atoms with E-state index in [-0.39, 0.29) is 0 Å². The third kappa shape index (κ3) is 5.26. The number of hydrogen-bond donors (Lipinski definition) is 1. The fourth-order valence-electron chi connectivity index (χ4n) is 1.37. The number of ether oxygens (including phenoxy) is 1. The second-order valence-corrected chi connectivity index (χ2v) is 5.11. The van der Waals surface area contributed by atoms with E-state index in [1.807, 2.05) is 31.7 Å². The number of anilines is 1. The van der Waals surface area contributed by atoms with Gasteiger partial charge in [0.1, 0.15) is 11.6 Å². The molecule has 1 unspecified atom stereocenters. The Balaban J connectivity index is 2.52. The average molecular weight is 255 g/mol. The summed E-state index contributed by atoms with van der Waals surface area (Å²) in [6, 6.07) is 1.85. The molecule has 0 fully saturated rings. The van der Waals surface area contributed by atoms with Crippen LogP contribution >= 0.6 is 11.8 Å². The number of aromatic nitrogens is 2. The minimum Gasteiger partial charge on any atom is -0.478 e. The van der Waals surface area contributed by atoms with Gasteiger partial charge in [0, 0.05) is 17.9 Å². The van der Waals surface area contributed by atoms with Crippen molar-refractivity contribution in [3.8, 4) is 5.88 Å². The Bertz CT molecular complexity index is 347. The molecule has 0 aliphatic heterocycles. The number of aryl methyl sites for hydroxylation is 1. The Morgan fingerprint density at radius 3 is 2.88 bits per heavy atom. The molecule has 0 saturated heterocycles. The van der Waals surface area contributed by atoms with E-state index < -0.39 is 0 Å². The molecule has 1 aromatic heterocycles. The molecule has 0 bridgehead atoms. The topological polar surface area (TPSA) is 47.0 Å². The first-order valence-corrected chi connectivity index (χ1v) is 7.19. The van der Waals surface area contributed by atoms with E-state index in [4.69, 9.17) is 4.74 Å². The SMILES string of the molecule is CCOc1cc(NCCC(C)SC)nc(C)n1. The Morgan fingerprint density at radius 1 is 1.47 bits per heavy atom. The maximum Gasteiger partial charge on any atom is 0.218 e. The molecule has 4 nitrogen and oxygen atoms in total. The first kappa shape index (κ1) is 14.1. The minimum absolute atomic E-state index is 0.624. The molecule has 0 aliphatic carbocycles. The summed E-state index contributed by atoms with van der Waals surface area (Å²) < 4.78 is 5.38. The summed E-state index contributed by atoms with van der Waals surface area (Å²) in [4.78, 5) is 8.54. The standard InChI is InChI=1S/C12H21N3OS/c1-5-16-12-8-11(14-10(3)15-12)13-7-6-9(2)17-4/h8-9H,5-7H2,1-4H3,(H,13,14,15). The summed E-state index contributed by atoms with van der Waals surface area (Å²) in [5.41, 5.74) is 0. The normalized spacial score (nSPS) is 12.2. The van der Waals surface area contributed by atoms with Crippen LogP contribution in [0.1, 0.15) is 26.1 Å². The smallest absolute Gasteiger partial charge is 0.218 e. The van der Waals surface area contributed by atoms with Gasteiger partial charge < -0.3 is 10.1 Å². The fourth-order valence-corrected chi connectivity index (χ4v) is 1.73. The molecule has 17 heavy (non-hydrogen) atoms. The Labute approximate surface area is 108 Å². The summed E-state index contributed by atoms with van der Waals surface area (Å²) >= 11 is 1.88. The summed E-state index contributed by atoms with van der Waals surface area (Å²) in [5, 5.41) is 3.97. The van der Waals surface area contributed by atoms with Crippen LogP contribution in [-0.4, -0.2) is 34.6 Å². The number of rotatable bonds is 7. The van der Waals surface area contributed by atoms with Gasteiger partial charge in [-0.25, -0.2) is 4.98 Å². The lowest BCUT2D eigenvalue weighted by molar-refractivity contribution is 0.325. The molecular formula is C12H21N3OS. The average Bonchev–Trinajstić information content (AvgIpc) is 2.28. The number of hydrogen-bond acceptors (Lipinski definition) is 5. The molecule has 96 valence electrons. The van der Waals surface area contributed by atoms with Crippen LogP contribution in [0.4, 0.5) is 5.82 Å². The molecule has 1 N–H and O–H groups in total. The van der Waals surface area contributed by atoms with Crippen LogP contribution in [0.5, 0.6) is 5.88 Å². The monoisotopic (exact) mass is 255 g/mol. The van der Waals surface area contributed by atoms with Gasteiger partial charge in [-0.2, -0.15) is 16.7 Å². The van der Waals surface area contributed by atoms with E-state index in [1.54, 1.807) is 0 Å². The van der Waals surface area contributed by atoms with Crippen molar-refractivity contribution in [3.05, 3.63) is 11.9 Å². The molecule has 5 heteroatoms. The summed E-state index contributed by atoms with van der Waals surface area (Å²) in [5.74, 6) is 2.21. The van der Waals surface area contributed by atoms with Gasteiger partial charge in [0.05, 0.1) is 6.61 Å². The third-order valence-electron chi connectivity index (χ3n) is 2.37. The molecule has 0 spiro atoms. The van der Waals surface area contributed by atoms with Crippen LogP contribution in [0.2, 0.25) is 0 Å². The van der Waals surface area contributed by atoms with Crippen molar-refractivity contribution in [1.82, 2.24) is 9.97 Å². The van der Waals surface area contributed by atoms with Crippen molar-refractivity contribution in [2.75, 3.05) is 24.7 Å². The third-order valence-corrected chi connectivity index (χ3v) is 3.41. The predicted molar refractivity (Wildman–Crippen MR) is 74.0 cm³/mol. The van der Waals surface area contributed by atoms with E-state index >= 15 is 0 Å². The maximum absolute atomic E-state index is 5.38. The highest BCUT2D eigenvalue weighted by Gasteiger charge is 2.03. The van der Waals surface area contributed by atoms with Gasteiger partial charge in [-0.3, -0.25) is 0 Å². The van der Waals surface area contributed by atoms with E-state index in [0.717, 1.165) is 24.6 Å². The second-order valence-electron chi connectivity index (χ2n) is 3.83. The lowest BCUT2D eigenvalue weighted by atomic mass is 10.3. The minimum atomic E-state index is 0.624. The number of thioether (sulfide) groups is 1. The van der Waals surface area contributed by atoms with Gasteiger partial charge in [-0.05, 0) is 26.5 Å². The summed E-state index contributed by atoms with van der Waals surface area (Å²) in [6.07, 6.45) is 3.25. The van der Waals surface area contributed by atoms with Crippen molar-refractivity contribution < 1.29 is 4.74 Å². The molecule has 0 amide bonds. The highest BCUT2D eigenvalue weighted by molar-refractivity contribution is 7.99. The Kier molecular flexibility index (Phi) is 6.11. The van der Waals surface area contributed by atoms with Crippen molar-refractivity contribution in [2.24, 2.45) is 0 Å². The van der Waals surface area contributed by atoms with E-state index in [1.165, 1.54) is 0 Å². The van der Waals surface area contributed by atoms with E-state index in [9.17, 15) is 0 Å². The summed E-state index contributed by atoms with van der Waals surface area (Å²) in [6.45, 7) is 7.59. The van der Waals surface area contributed by atoms with Crippen LogP contribution in [0.3, 0.4) is 0 Å². The molecule has 1 atom stereocenters. The summed E-state index contributed by atoms with van der Waals surface area (Å²) in [7, 11) is 0. The van der Waals surface area contributed by atoms with Gasteiger partial charge in [-0.15, -0.1) is 0 Å². The number of nitrogens with one attached hydrogen (secondary N) is 1. The quantitative estimate of drug-likeness (QED) is 0.811. The molecule has 1 rings (SSSR count). The van der Waals surface area contributed by atoms with Gasteiger partial charge in [0.2, 0.25) is 5.88 Å². The van der Waals surface area contributed by atoms with Crippen LogP contribution in [-0.2, 0) is 0 Å². The lowest BCUT2D eigenvalue weighted by Gasteiger charge is -2.11. The molecular weight excluding hydrogens is 234 g/mol. The Hall–Kier alpha value is -0.970. The first-order valence-electron chi connectivity index (χ1n) is 5.90. The van der Waals surface area contributed by atoms with Crippen molar-refractivity contribution in [1.29, 1.82) is 0 Å². The lowest BCUT2D eigenvalue weighted by Crippen LogP contribution is -2.10. The molecule has 1 aromatic rings. The van der Waals surface area contributed by atoms with Crippen LogP contribution < -0.4 is 10.1 Å². The van der Waals surface area contributed by atoms with Gasteiger partial charge in [0.15, 0.2) is 0 Å². The van der Waals surface area contributed by atoms with Crippen molar-refractivity contribution >= 4 is 17.6 Å². The molecule has 0 aromatic carbocycles. The highest BCUT2D eigenvalue weighted by Crippen LogP contribution is 2.14.